The Morgan fingerprint density at radius 3 is 2.23 bits per heavy atom. The fourth-order valence-corrected chi connectivity index (χ4v) is 2.76. The van der Waals surface area contributed by atoms with Crippen LogP contribution in [0.25, 0.3) is 0 Å². The van der Waals surface area contributed by atoms with Crippen molar-refractivity contribution in [2.24, 2.45) is 0 Å². The van der Waals surface area contributed by atoms with Gasteiger partial charge in [0.25, 0.3) is 11.8 Å². The molecule has 0 radical (unpaired) electrons. The lowest BCUT2D eigenvalue weighted by Gasteiger charge is -2.20. The molecule has 0 unspecified atom stereocenters. The summed E-state index contributed by atoms with van der Waals surface area (Å²) in [6, 6.07) is 8.42. The van der Waals surface area contributed by atoms with E-state index in [1.165, 1.54) is 11.3 Å². The van der Waals surface area contributed by atoms with E-state index in [2.05, 4.69) is 16.0 Å². The molecule has 3 amide bonds. The van der Waals surface area contributed by atoms with Gasteiger partial charge in [0.1, 0.15) is 0 Å². The first kappa shape index (κ1) is 19.7. The monoisotopic (exact) mass is 373 g/mol. The van der Waals surface area contributed by atoms with Gasteiger partial charge in [-0.25, -0.2) is 0 Å². The molecule has 0 aliphatic heterocycles. The Bertz CT molecular complexity index is 762. The van der Waals surface area contributed by atoms with Gasteiger partial charge in [0.2, 0.25) is 5.91 Å². The molecule has 138 valence electrons. The number of carbonyl (C=O) groups excluding carboxylic acids is 3. The van der Waals surface area contributed by atoms with Crippen LogP contribution in [0.15, 0.2) is 41.1 Å². The highest BCUT2D eigenvalue weighted by Gasteiger charge is 2.15. The predicted molar refractivity (Wildman–Crippen MR) is 104 cm³/mol. The van der Waals surface area contributed by atoms with E-state index in [0.29, 0.717) is 16.8 Å². The number of nitrogens with one attached hydrogen (secondary N) is 3. The molecular weight excluding hydrogens is 350 g/mol. The summed E-state index contributed by atoms with van der Waals surface area (Å²) in [5, 5.41) is 11.9. The van der Waals surface area contributed by atoms with E-state index in [0.717, 1.165) is 0 Å². The third-order valence-corrected chi connectivity index (χ3v) is 4.02. The molecule has 1 heterocycles. The summed E-state index contributed by atoms with van der Waals surface area (Å²) in [4.78, 5) is 35.8. The first-order valence-electron chi connectivity index (χ1n) is 8.27. The average molecular weight is 373 g/mol. The lowest BCUT2D eigenvalue weighted by Crippen LogP contribution is -2.40. The molecular formula is C19H23N3O3S. The van der Waals surface area contributed by atoms with Crippen LogP contribution in [0.4, 0.5) is 5.69 Å². The van der Waals surface area contributed by atoms with Gasteiger partial charge in [-0.1, -0.05) is 0 Å². The molecule has 2 aromatic rings. The fourth-order valence-electron chi connectivity index (χ4n) is 2.13. The van der Waals surface area contributed by atoms with E-state index in [9.17, 15) is 14.4 Å². The Labute approximate surface area is 157 Å². The summed E-state index contributed by atoms with van der Waals surface area (Å²) in [6.07, 6.45) is 0.169. The normalized spacial score (nSPS) is 10.9. The van der Waals surface area contributed by atoms with E-state index in [1.807, 2.05) is 26.2 Å². The van der Waals surface area contributed by atoms with Crippen LogP contribution in [-0.4, -0.2) is 29.8 Å². The van der Waals surface area contributed by atoms with Crippen LogP contribution in [0, 0.1) is 0 Å². The number of rotatable bonds is 6. The van der Waals surface area contributed by atoms with Crippen molar-refractivity contribution in [3.63, 3.8) is 0 Å². The SMILES string of the molecule is CC(C)(C)NC(=O)c1ccc(NC(=O)CCNC(=O)c2ccsc2)cc1. The second-order valence-corrected chi connectivity index (χ2v) is 7.63. The number of thiophene rings is 1. The maximum absolute atomic E-state index is 12.1. The molecule has 0 saturated heterocycles. The Morgan fingerprint density at radius 1 is 0.962 bits per heavy atom. The minimum Gasteiger partial charge on any atom is -0.351 e. The zero-order chi connectivity index (χ0) is 19.2. The molecule has 6 nitrogen and oxygen atoms in total. The molecule has 1 aromatic heterocycles. The minimum absolute atomic E-state index is 0.161. The van der Waals surface area contributed by atoms with E-state index in [1.54, 1.807) is 35.7 Å². The molecule has 26 heavy (non-hydrogen) atoms. The Kier molecular flexibility index (Phi) is 6.52. The number of hydrogen-bond donors (Lipinski definition) is 3. The van der Waals surface area contributed by atoms with Crippen LogP contribution >= 0.6 is 11.3 Å². The van der Waals surface area contributed by atoms with Crippen molar-refractivity contribution in [3.05, 3.63) is 52.2 Å². The first-order chi connectivity index (χ1) is 12.2. The maximum Gasteiger partial charge on any atom is 0.252 e. The lowest BCUT2D eigenvalue weighted by molar-refractivity contribution is -0.116. The zero-order valence-electron chi connectivity index (χ0n) is 15.1. The quantitative estimate of drug-likeness (QED) is 0.727. The summed E-state index contributed by atoms with van der Waals surface area (Å²) in [7, 11) is 0. The molecule has 0 aliphatic carbocycles. The van der Waals surface area contributed by atoms with Gasteiger partial charge in [-0.05, 0) is 56.5 Å². The molecule has 0 fully saturated rings. The van der Waals surface area contributed by atoms with Gasteiger partial charge >= 0.3 is 0 Å². The molecule has 0 spiro atoms. The standard InChI is InChI=1S/C19H23N3O3S/c1-19(2,3)22-18(25)13-4-6-15(7-5-13)21-16(23)8-10-20-17(24)14-9-11-26-12-14/h4-7,9,11-12H,8,10H2,1-3H3,(H,20,24)(H,21,23)(H,22,25). The van der Waals surface area contributed by atoms with Crippen molar-refractivity contribution in [1.82, 2.24) is 10.6 Å². The number of anilines is 1. The van der Waals surface area contributed by atoms with Crippen LogP contribution in [0.1, 0.15) is 47.9 Å². The largest absolute Gasteiger partial charge is 0.351 e. The zero-order valence-corrected chi connectivity index (χ0v) is 15.9. The highest BCUT2D eigenvalue weighted by molar-refractivity contribution is 7.08. The second kappa shape index (κ2) is 8.62. The smallest absolute Gasteiger partial charge is 0.252 e. The van der Waals surface area contributed by atoms with Crippen molar-refractivity contribution in [2.75, 3.05) is 11.9 Å². The van der Waals surface area contributed by atoms with Crippen LogP contribution in [-0.2, 0) is 4.79 Å². The lowest BCUT2D eigenvalue weighted by atomic mass is 10.1. The Hall–Kier alpha value is -2.67. The summed E-state index contributed by atoms with van der Waals surface area (Å²) in [6.45, 7) is 6.00. The van der Waals surface area contributed by atoms with Gasteiger partial charge in [-0.15, -0.1) is 0 Å². The van der Waals surface area contributed by atoms with Crippen LogP contribution in [0.5, 0.6) is 0 Å². The highest BCUT2D eigenvalue weighted by Crippen LogP contribution is 2.11. The predicted octanol–water partition coefficient (Wildman–Crippen LogP) is 3.04. The average Bonchev–Trinajstić information content (AvgIpc) is 3.08. The molecule has 0 saturated carbocycles. The van der Waals surface area contributed by atoms with E-state index in [-0.39, 0.29) is 36.2 Å². The summed E-state index contributed by atoms with van der Waals surface area (Å²) >= 11 is 1.45. The fraction of sp³-hybridized carbons (Fsp3) is 0.316. The van der Waals surface area contributed by atoms with E-state index < -0.39 is 0 Å². The van der Waals surface area contributed by atoms with Gasteiger partial charge in [0.15, 0.2) is 0 Å². The van der Waals surface area contributed by atoms with Gasteiger partial charge in [0, 0.05) is 40.7 Å². The molecule has 7 heteroatoms. The topological polar surface area (TPSA) is 87.3 Å². The van der Waals surface area contributed by atoms with Gasteiger partial charge in [-0.3, -0.25) is 14.4 Å². The van der Waals surface area contributed by atoms with Crippen molar-refractivity contribution in [3.8, 4) is 0 Å². The molecule has 0 aliphatic rings. The van der Waals surface area contributed by atoms with Crippen molar-refractivity contribution in [1.29, 1.82) is 0 Å². The number of hydrogen-bond acceptors (Lipinski definition) is 4. The van der Waals surface area contributed by atoms with Gasteiger partial charge < -0.3 is 16.0 Å². The van der Waals surface area contributed by atoms with Gasteiger partial charge in [-0.2, -0.15) is 11.3 Å². The number of carbonyl (C=O) groups is 3. The Balaban J connectivity index is 1.78. The number of benzene rings is 1. The summed E-state index contributed by atoms with van der Waals surface area (Å²) in [5.74, 6) is -0.553. The van der Waals surface area contributed by atoms with Crippen LogP contribution < -0.4 is 16.0 Å². The Morgan fingerprint density at radius 2 is 1.65 bits per heavy atom. The molecule has 3 N–H and O–H groups in total. The maximum atomic E-state index is 12.1. The number of amides is 3. The minimum atomic E-state index is -0.308. The van der Waals surface area contributed by atoms with Crippen LogP contribution in [0.2, 0.25) is 0 Å². The molecule has 2 rings (SSSR count). The summed E-state index contributed by atoms with van der Waals surface area (Å²) < 4.78 is 0. The van der Waals surface area contributed by atoms with Crippen LogP contribution in [0.3, 0.4) is 0 Å². The van der Waals surface area contributed by atoms with E-state index in [4.69, 9.17) is 0 Å². The third kappa shape index (κ3) is 6.33. The first-order valence-corrected chi connectivity index (χ1v) is 9.22. The summed E-state index contributed by atoms with van der Waals surface area (Å²) in [5.41, 5.74) is 1.42. The molecule has 1 aromatic carbocycles. The highest BCUT2D eigenvalue weighted by atomic mass is 32.1. The molecule has 0 bridgehead atoms. The second-order valence-electron chi connectivity index (χ2n) is 6.85. The van der Waals surface area contributed by atoms with Gasteiger partial charge in [0.05, 0.1) is 0 Å². The van der Waals surface area contributed by atoms with Crippen molar-refractivity contribution in [2.45, 2.75) is 32.7 Å². The third-order valence-electron chi connectivity index (χ3n) is 3.34. The molecule has 0 atom stereocenters. The van der Waals surface area contributed by atoms with Crippen molar-refractivity contribution < 1.29 is 14.4 Å². The van der Waals surface area contributed by atoms with E-state index >= 15 is 0 Å². The van der Waals surface area contributed by atoms with Crippen molar-refractivity contribution >= 4 is 34.7 Å².